The van der Waals surface area contributed by atoms with E-state index in [9.17, 15) is 8.42 Å². The Morgan fingerprint density at radius 2 is 2.07 bits per heavy atom. The summed E-state index contributed by atoms with van der Waals surface area (Å²) >= 11 is 0. The Morgan fingerprint density at radius 1 is 1.18 bits per heavy atom. The topological polar surface area (TPSA) is 102 Å². The number of anilines is 2. The first kappa shape index (κ1) is 18.5. The molecule has 146 valence electrons. The number of ether oxygens (including phenoxy) is 1. The van der Waals surface area contributed by atoms with E-state index in [2.05, 4.69) is 20.3 Å². The van der Waals surface area contributed by atoms with Crippen LogP contribution in [0.15, 0.2) is 60.3 Å². The molecule has 0 unspecified atom stereocenters. The second-order valence-corrected chi connectivity index (χ2v) is 8.30. The monoisotopic (exact) mass is 400 g/mol. The van der Waals surface area contributed by atoms with Gasteiger partial charge in [0.25, 0.3) is 10.0 Å². The highest BCUT2D eigenvalue weighted by molar-refractivity contribution is 7.89. The van der Waals surface area contributed by atoms with Gasteiger partial charge in [-0.1, -0.05) is 6.07 Å². The van der Waals surface area contributed by atoms with E-state index in [-0.39, 0.29) is 18.1 Å². The van der Waals surface area contributed by atoms with Crippen molar-refractivity contribution in [3.63, 3.8) is 0 Å². The zero-order valence-electron chi connectivity index (χ0n) is 15.3. The number of aromatic nitrogens is 4. The Hall–Kier alpha value is -2.82. The van der Waals surface area contributed by atoms with Gasteiger partial charge in [0.2, 0.25) is 0 Å². The zero-order valence-corrected chi connectivity index (χ0v) is 16.1. The number of aryl methyl sites for hydroxylation is 1. The molecule has 4 rings (SSSR count). The lowest BCUT2D eigenvalue weighted by molar-refractivity contribution is -0.00498. The van der Waals surface area contributed by atoms with Gasteiger partial charge in [0.05, 0.1) is 30.5 Å². The van der Waals surface area contributed by atoms with Gasteiger partial charge in [-0.15, -0.1) is 0 Å². The number of nitrogens with zero attached hydrogens (tertiary/aromatic N) is 5. The minimum atomic E-state index is -3.66. The Bertz CT molecular complexity index is 1040. The van der Waals surface area contributed by atoms with Crippen molar-refractivity contribution in [2.75, 3.05) is 25.0 Å². The average molecular weight is 400 g/mol. The number of nitrogens with one attached hydrogen (secondary N) is 1. The fourth-order valence-electron chi connectivity index (χ4n) is 2.93. The molecule has 1 aliphatic heterocycles. The molecule has 28 heavy (non-hydrogen) atoms. The molecule has 0 amide bonds. The second kappa shape index (κ2) is 7.66. The van der Waals surface area contributed by atoms with Gasteiger partial charge in [0.15, 0.2) is 5.03 Å². The predicted octanol–water partition coefficient (Wildman–Crippen LogP) is 1.72. The molecule has 1 atom stereocenters. The minimum Gasteiger partial charge on any atom is -0.369 e. The van der Waals surface area contributed by atoms with E-state index in [0.29, 0.717) is 12.3 Å². The fraction of sp³-hybridized carbons (Fsp3) is 0.278. The van der Waals surface area contributed by atoms with E-state index in [1.807, 2.05) is 30.3 Å². The lowest BCUT2D eigenvalue weighted by Crippen LogP contribution is -2.42. The van der Waals surface area contributed by atoms with Crippen LogP contribution in [0.3, 0.4) is 0 Å². The van der Waals surface area contributed by atoms with Crippen molar-refractivity contribution in [1.82, 2.24) is 23.8 Å². The molecular weight excluding hydrogens is 380 g/mol. The molecule has 1 saturated heterocycles. The first-order valence-corrected chi connectivity index (χ1v) is 10.2. The molecule has 0 aromatic carbocycles. The summed E-state index contributed by atoms with van der Waals surface area (Å²) in [5.74, 6) is 0.721. The van der Waals surface area contributed by atoms with Crippen LogP contribution < -0.4 is 5.32 Å². The molecule has 0 radical (unpaired) electrons. The highest BCUT2D eigenvalue weighted by atomic mass is 32.2. The summed E-state index contributed by atoms with van der Waals surface area (Å²) in [6.07, 6.45) is 5.92. The molecule has 9 nitrogen and oxygen atoms in total. The summed E-state index contributed by atoms with van der Waals surface area (Å²) in [4.78, 5) is 12.6. The van der Waals surface area contributed by atoms with Crippen LogP contribution in [-0.2, 0) is 21.8 Å². The van der Waals surface area contributed by atoms with Gasteiger partial charge in [-0.2, -0.15) is 4.31 Å². The molecule has 0 saturated carbocycles. The van der Waals surface area contributed by atoms with E-state index in [1.54, 1.807) is 24.0 Å². The van der Waals surface area contributed by atoms with Crippen molar-refractivity contribution < 1.29 is 13.2 Å². The molecule has 1 fully saturated rings. The smallest absolute Gasteiger partial charge is 0.262 e. The van der Waals surface area contributed by atoms with Crippen molar-refractivity contribution in [3.8, 4) is 0 Å². The van der Waals surface area contributed by atoms with Gasteiger partial charge in [0, 0.05) is 32.5 Å². The van der Waals surface area contributed by atoms with Crippen molar-refractivity contribution in [3.05, 3.63) is 60.9 Å². The fourth-order valence-corrected chi connectivity index (χ4v) is 4.32. The normalized spacial score (nSPS) is 18.1. The van der Waals surface area contributed by atoms with Crippen LogP contribution in [0, 0.1) is 0 Å². The Kier molecular flexibility index (Phi) is 5.07. The first-order valence-electron chi connectivity index (χ1n) is 8.76. The maximum atomic E-state index is 12.8. The number of imidazole rings is 1. The van der Waals surface area contributed by atoms with Gasteiger partial charge in [-0.25, -0.2) is 18.4 Å². The first-order chi connectivity index (χ1) is 13.5. The molecule has 3 aromatic rings. The Morgan fingerprint density at radius 3 is 2.75 bits per heavy atom. The van der Waals surface area contributed by atoms with Crippen LogP contribution in [0.2, 0.25) is 0 Å². The number of hydrogen-bond acceptors (Lipinski definition) is 7. The molecule has 0 bridgehead atoms. The third-order valence-electron chi connectivity index (χ3n) is 4.37. The SMILES string of the molecule is Cn1cnc(S(=O)(=O)N2CCO[C@@H](c3ccc(Nc4ccccn4)cn3)C2)c1. The summed E-state index contributed by atoms with van der Waals surface area (Å²) in [7, 11) is -1.92. The van der Waals surface area contributed by atoms with Gasteiger partial charge in [0.1, 0.15) is 11.9 Å². The maximum absolute atomic E-state index is 12.8. The quantitative estimate of drug-likeness (QED) is 0.696. The molecule has 3 aromatic heterocycles. The summed E-state index contributed by atoms with van der Waals surface area (Å²) < 4.78 is 34.4. The number of sulfonamides is 1. The molecular formula is C18H20N6O3S. The maximum Gasteiger partial charge on any atom is 0.262 e. The number of morpholine rings is 1. The van der Waals surface area contributed by atoms with Gasteiger partial charge < -0.3 is 14.6 Å². The zero-order chi connectivity index (χ0) is 19.6. The molecule has 4 heterocycles. The average Bonchev–Trinajstić information content (AvgIpc) is 3.17. The van der Waals surface area contributed by atoms with Crippen LogP contribution in [0.5, 0.6) is 0 Å². The molecule has 1 N–H and O–H groups in total. The lowest BCUT2D eigenvalue weighted by Gasteiger charge is -2.31. The third kappa shape index (κ3) is 3.88. The molecule has 10 heteroatoms. The van der Waals surface area contributed by atoms with Crippen LogP contribution in [-0.4, -0.2) is 51.9 Å². The molecule has 1 aliphatic rings. The minimum absolute atomic E-state index is 0.0403. The highest BCUT2D eigenvalue weighted by Gasteiger charge is 2.33. The van der Waals surface area contributed by atoms with E-state index in [4.69, 9.17) is 4.74 Å². The highest BCUT2D eigenvalue weighted by Crippen LogP contribution is 2.25. The standard InChI is InChI=1S/C18H20N6O3S/c1-23-12-18(21-13-23)28(25,26)24-8-9-27-16(11-24)15-6-5-14(10-20-15)22-17-4-2-3-7-19-17/h2-7,10,12-13,16H,8-9,11H2,1H3,(H,19,22)/t16-/m1/s1. The van der Waals surface area contributed by atoms with Gasteiger partial charge in [-0.3, -0.25) is 4.98 Å². The van der Waals surface area contributed by atoms with Crippen LogP contribution in [0.25, 0.3) is 0 Å². The van der Waals surface area contributed by atoms with Crippen LogP contribution in [0.4, 0.5) is 11.5 Å². The van der Waals surface area contributed by atoms with E-state index < -0.39 is 16.1 Å². The van der Waals surface area contributed by atoms with Crippen molar-refractivity contribution in [2.24, 2.45) is 7.05 Å². The van der Waals surface area contributed by atoms with Crippen molar-refractivity contribution in [2.45, 2.75) is 11.1 Å². The third-order valence-corrected chi connectivity index (χ3v) is 6.12. The summed E-state index contributed by atoms with van der Waals surface area (Å²) in [5, 5.41) is 3.20. The Labute approximate surface area is 163 Å². The summed E-state index contributed by atoms with van der Waals surface area (Å²) in [6, 6.07) is 9.29. The number of hydrogen-bond donors (Lipinski definition) is 1. The van der Waals surface area contributed by atoms with Crippen molar-refractivity contribution >= 4 is 21.5 Å². The Balaban J connectivity index is 1.47. The predicted molar refractivity (Wildman–Crippen MR) is 102 cm³/mol. The summed E-state index contributed by atoms with van der Waals surface area (Å²) in [6.45, 7) is 0.778. The summed E-state index contributed by atoms with van der Waals surface area (Å²) in [5.41, 5.74) is 1.46. The van der Waals surface area contributed by atoms with Gasteiger partial charge >= 0.3 is 0 Å². The van der Waals surface area contributed by atoms with E-state index in [1.165, 1.54) is 16.8 Å². The lowest BCUT2D eigenvalue weighted by atomic mass is 10.2. The molecule has 0 aliphatic carbocycles. The largest absolute Gasteiger partial charge is 0.369 e. The number of pyridine rings is 2. The van der Waals surface area contributed by atoms with Crippen molar-refractivity contribution in [1.29, 1.82) is 0 Å². The second-order valence-electron chi connectivity index (χ2n) is 6.41. The van der Waals surface area contributed by atoms with E-state index >= 15 is 0 Å². The van der Waals surface area contributed by atoms with Gasteiger partial charge in [-0.05, 0) is 24.3 Å². The number of rotatable bonds is 5. The molecule has 0 spiro atoms. The van der Waals surface area contributed by atoms with Crippen LogP contribution >= 0.6 is 0 Å². The van der Waals surface area contributed by atoms with Crippen LogP contribution in [0.1, 0.15) is 11.8 Å². The van der Waals surface area contributed by atoms with E-state index in [0.717, 1.165) is 11.5 Å².